The van der Waals surface area contributed by atoms with Crippen molar-refractivity contribution in [1.82, 2.24) is 0 Å². The Balaban J connectivity index is 4.71. The number of rotatable bonds is 9. The third-order valence-electron chi connectivity index (χ3n) is 2.09. The highest BCUT2D eigenvalue weighted by Crippen LogP contribution is 2.19. The lowest BCUT2D eigenvalue weighted by Gasteiger charge is -2.33. The summed E-state index contributed by atoms with van der Waals surface area (Å²) in [4.78, 5) is 0. The van der Waals surface area contributed by atoms with Crippen molar-refractivity contribution >= 4 is 8.80 Å². The van der Waals surface area contributed by atoms with E-state index in [9.17, 15) is 0 Å². The first-order valence-electron chi connectivity index (χ1n) is 5.65. The van der Waals surface area contributed by atoms with E-state index in [1.54, 1.807) is 7.11 Å². The molecule has 0 spiro atoms. The van der Waals surface area contributed by atoms with Gasteiger partial charge in [-0.25, -0.2) is 0 Å². The molecule has 0 aromatic carbocycles. The minimum Gasteiger partial charge on any atom is -0.377 e. The van der Waals surface area contributed by atoms with E-state index in [0.717, 1.165) is 6.42 Å². The lowest BCUT2D eigenvalue weighted by atomic mass is 10.5. The van der Waals surface area contributed by atoms with E-state index < -0.39 is 8.80 Å². The van der Waals surface area contributed by atoms with Crippen LogP contribution in [-0.4, -0.2) is 41.5 Å². The Morgan fingerprint density at radius 3 is 1.47 bits per heavy atom. The third-order valence-corrected chi connectivity index (χ3v) is 5.59. The summed E-state index contributed by atoms with van der Waals surface area (Å²) in [6.07, 6.45) is 0.836. The molecule has 4 nitrogen and oxygen atoms in total. The minimum atomic E-state index is -2.65. The highest BCUT2D eigenvalue weighted by atomic mass is 28.4. The standard InChI is InChI=1S/C10H24O4Si/c1-6-10(11-5)15(12-7-2,13-8-3)14-9-4/h10H,6-9H2,1-5H3. The van der Waals surface area contributed by atoms with Crippen LogP contribution in [0.4, 0.5) is 0 Å². The van der Waals surface area contributed by atoms with Gasteiger partial charge in [0, 0.05) is 26.9 Å². The van der Waals surface area contributed by atoms with E-state index in [-0.39, 0.29) is 5.73 Å². The van der Waals surface area contributed by atoms with Crippen LogP contribution >= 0.6 is 0 Å². The maximum absolute atomic E-state index is 5.72. The van der Waals surface area contributed by atoms with Gasteiger partial charge < -0.3 is 18.0 Å². The van der Waals surface area contributed by atoms with Crippen molar-refractivity contribution < 1.29 is 18.0 Å². The van der Waals surface area contributed by atoms with Gasteiger partial charge in [0.15, 0.2) is 0 Å². The number of methoxy groups -OCH3 is 1. The molecule has 1 unspecified atom stereocenters. The molecule has 0 aliphatic carbocycles. The van der Waals surface area contributed by atoms with E-state index in [1.165, 1.54) is 0 Å². The average Bonchev–Trinajstić information content (AvgIpc) is 2.20. The van der Waals surface area contributed by atoms with Crippen molar-refractivity contribution in [3.8, 4) is 0 Å². The maximum Gasteiger partial charge on any atom is 0.531 e. The van der Waals surface area contributed by atoms with Crippen LogP contribution in [0.15, 0.2) is 0 Å². The SMILES string of the molecule is CCO[Si](OCC)(OCC)C(CC)OC. The normalized spacial score (nSPS) is 14.2. The van der Waals surface area contributed by atoms with Gasteiger partial charge in [-0.2, -0.15) is 0 Å². The first-order chi connectivity index (χ1) is 7.20. The summed E-state index contributed by atoms with van der Waals surface area (Å²) in [5.74, 6) is 0. The molecule has 0 rings (SSSR count). The van der Waals surface area contributed by atoms with Gasteiger partial charge in [0.2, 0.25) is 0 Å². The summed E-state index contributed by atoms with van der Waals surface area (Å²) in [6, 6.07) is 0. The lowest BCUT2D eigenvalue weighted by molar-refractivity contribution is 0.00543. The van der Waals surface area contributed by atoms with E-state index in [0.29, 0.717) is 19.8 Å². The van der Waals surface area contributed by atoms with Crippen molar-refractivity contribution in [3.63, 3.8) is 0 Å². The van der Waals surface area contributed by atoms with Crippen LogP contribution in [0.2, 0.25) is 0 Å². The zero-order valence-electron chi connectivity index (χ0n) is 10.5. The monoisotopic (exact) mass is 236 g/mol. The fourth-order valence-electron chi connectivity index (χ4n) is 1.57. The van der Waals surface area contributed by atoms with Gasteiger partial charge in [-0.05, 0) is 27.2 Å². The first kappa shape index (κ1) is 15.1. The van der Waals surface area contributed by atoms with Crippen LogP contribution in [0.1, 0.15) is 34.1 Å². The molecule has 0 heterocycles. The Labute approximate surface area is 94.2 Å². The maximum atomic E-state index is 5.72. The topological polar surface area (TPSA) is 36.9 Å². The molecule has 0 amide bonds. The summed E-state index contributed by atoms with van der Waals surface area (Å²) in [7, 11) is -0.974. The Bertz CT molecular complexity index is 133. The summed E-state index contributed by atoms with van der Waals surface area (Å²) < 4.78 is 22.6. The lowest BCUT2D eigenvalue weighted by Crippen LogP contribution is -2.57. The molecule has 0 bridgehead atoms. The van der Waals surface area contributed by atoms with E-state index in [4.69, 9.17) is 18.0 Å². The first-order valence-corrected chi connectivity index (χ1v) is 7.45. The molecule has 0 aromatic rings. The summed E-state index contributed by atoms with van der Waals surface area (Å²) in [5.41, 5.74) is -0.0719. The number of hydrogen-bond acceptors (Lipinski definition) is 4. The number of ether oxygens (including phenoxy) is 1. The van der Waals surface area contributed by atoms with Crippen molar-refractivity contribution in [2.24, 2.45) is 0 Å². The van der Waals surface area contributed by atoms with Gasteiger partial charge in [0.25, 0.3) is 0 Å². The van der Waals surface area contributed by atoms with Crippen molar-refractivity contribution in [2.75, 3.05) is 26.9 Å². The fraction of sp³-hybridized carbons (Fsp3) is 1.00. The van der Waals surface area contributed by atoms with Gasteiger partial charge in [0.1, 0.15) is 5.73 Å². The minimum absolute atomic E-state index is 0.0719. The molecule has 0 aromatic heterocycles. The zero-order valence-corrected chi connectivity index (χ0v) is 11.5. The molecular formula is C10H24O4Si. The molecule has 0 radical (unpaired) electrons. The fourth-order valence-corrected chi connectivity index (χ4v) is 4.37. The number of hydrogen-bond donors (Lipinski definition) is 0. The smallest absolute Gasteiger partial charge is 0.377 e. The summed E-state index contributed by atoms with van der Waals surface area (Å²) >= 11 is 0. The summed E-state index contributed by atoms with van der Waals surface area (Å²) in [5, 5.41) is 0. The van der Waals surface area contributed by atoms with Gasteiger partial charge >= 0.3 is 8.80 Å². The van der Waals surface area contributed by atoms with Crippen LogP contribution < -0.4 is 0 Å². The molecule has 0 aliphatic rings. The highest BCUT2D eigenvalue weighted by Gasteiger charge is 2.49. The molecule has 92 valence electrons. The van der Waals surface area contributed by atoms with Crippen LogP contribution in [0.25, 0.3) is 0 Å². The van der Waals surface area contributed by atoms with E-state index in [2.05, 4.69) is 0 Å². The van der Waals surface area contributed by atoms with E-state index >= 15 is 0 Å². The molecular weight excluding hydrogens is 212 g/mol. The summed E-state index contributed by atoms with van der Waals surface area (Å²) in [6.45, 7) is 9.66. The third kappa shape index (κ3) is 4.20. The Hall–Kier alpha value is 0.0569. The Morgan fingerprint density at radius 1 is 0.867 bits per heavy atom. The molecule has 5 heteroatoms. The highest BCUT2D eigenvalue weighted by molar-refractivity contribution is 6.62. The molecule has 0 saturated carbocycles. The van der Waals surface area contributed by atoms with Gasteiger partial charge in [0.05, 0.1) is 0 Å². The van der Waals surface area contributed by atoms with Crippen LogP contribution in [0, 0.1) is 0 Å². The van der Waals surface area contributed by atoms with Crippen molar-refractivity contribution in [2.45, 2.75) is 39.8 Å². The van der Waals surface area contributed by atoms with Crippen molar-refractivity contribution in [3.05, 3.63) is 0 Å². The molecule has 0 aliphatic heterocycles. The Kier molecular flexibility index (Phi) is 8.27. The van der Waals surface area contributed by atoms with Crippen LogP contribution in [-0.2, 0) is 18.0 Å². The van der Waals surface area contributed by atoms with Crippen LogP contribution in [0.5, 0.6) is 0 Å². The Morgan fingerprint density at radius 2 is 1.27 bits per heavy atom. The molecule has 0 N–H and O–H groups in total. The van der Waals surface area contributed by atoms with Crippen molar-refractivity contribution in [1.29, 1.82) is 0 Å². The molecule has 15 heavy (non-hydrogen) atoms. The van der Waals surface area contributed by atoms with Gasteiger partial charge in [-0.15, -0.1) is 0 Å². The second-order valence-electron chi connectivity index (χ2n) is 3.04. The molecule has 0 fully saturated rings. The second-order valence-corrected chi connectivity index (χ2v) is 5.75. The molecule has 0 saturated heterocycles. The second kappa shape index (κ2) is 8.24. The van der Waals surface area contributed by atoms with Gasteiger partial charge in [-0.3, -0.25) is 0 Å². The largest absolute Gasteiger partial charge is 0.531 e. The predicted molar refractivity (Wildman–Crippen MR) is 61.7 cm³/mol. The van der Waals surface area contributed by atoms with Crippen LogP contribution in [0.3, 0.4) is 0 Å². The quantitative estimate of drug-likeness (QED) is 0.574. The van der Waals surface area contributed by atoms with E-state index in [1.807, 2.05) is 27.7 Å². The predicted octanol–water partition coefficient (Wildman–Crippen LogP) is 2.00. The molecule has 1 atom stereocenters. The zero-order chi connectivity index (χ0) is 11.7. The van der Waals surface area contributed by atoms with Gasteiger partial charge in [-0.1, -0.05) is 6.92 Å². The average molecular weight is 236 g/mol.